The zero-order valence-corrected chi connectivity index (χ0v) is 13.0. The van der Waals surface area contributed by atoms with E-state index in [1.807, 2.05) is 48.7 Å². The third kappa shape index (κ3) is 2.10. The molecule has 0 spiro atoms. The smallest absolute Gasteiger partial charge is 0.291 e. The summed E-state index contributed by atoms with van der Waals surface area (Å²) in [6.45, 7) is 0. The standard InChI is InChI=1S/C17H11BrN2O2/c18-12-3-1-6-15-11(12)9-16(22-15)17(21)20-14-5-2-4-13-10(14)7-8-19-13/h1-9,19H,(H,20,21). The predicted molar refractivity (Wildman–Crippen MR) is 90.2 cm³/mol. The molecule has 0 saturated heterocycles. The van der Waals surface area contributed by atoms with Crippen LogP contribution in [0.3, 0.4) is 0 Å². The maximum atomic E-state index is 12.4. The molecule has 0 atom stereocenters. The molecule has 2 aromatic carbocycles. The van der Waals surface area contributed by atoms with Gasteiger partial charge < -0.3 is 14.7 Å². The van der Waals surface area contributed by atoms with E-state index in [0.717, 1.165) is 26.4 Å². The summed E-state index contributed by atoms with van der Waals surface area (Å²) in [7, 11) is 0. The molecule has 4 nitrogen and oxygen atoms in total. The molecular weight excluding hydrogens is 344 g/mol. The summed E-state index contributed by atoms with van der Waals surface area (Å²) >= 11 is 3.46. The van der Waals surface area contributed by atoms with Gasteiger partial charge in [-0.2, -0.15) is 0 Å². The van der Waals surface area contributed by atoms with E-state index in [4.69, 9.17) is 4.42 Å². The Hall–Kier alpha value is -2.53. The van der Waals surface area contributed by atoms with Crippen LogP contribution in [0.5, 0.6) is 0 Å². The minimum atomic E-state index is -0.267. The molecule has 0 fully saturated rings. The third-order valence-electron chi connectivity index (χ3n) is 3.58. The SMILES string of the molecule is O=C(Nc1cccc2[nH]ccc12)c1cc2c(Br)cccc2o1. The van der Waals surface area contributed by atoms with Crippen LogP contribution in [0.15, 0.2) is 63.6 Å². The highest BCUT2D eigenvalue weighted by Gasteiger charge is 2.15. The highest BCUT2D eigenvalue weighted by molar-refractivity contribution is 9.10. The molecule has 0 radical (unpaired) electrons. The van der Waals surface area contributed by atoms with Crippen molar-refractivity contribution in [3.63, 3.8) is 0 Å². The topological polar surface area (TPSA) is 58.0 Å². The summed E-state index contributed by atoms with van der Waals surface area (Å²) in [5.41, 5.74) is 2.41. The van der Waals surface area contributed by atoms with E-state index in [1.54, 1.807) is 6.07 Å². The summed E-state index contributed by atoms with van der Waals surface area (Å²) in [4.78, 5) is 15.6. The van der Waals surface area contributed by atoms with Gasteiger partial charge in [0.15, 0.2) is 5.76 Å². The Labute approximate surface area is 134 Å². The number of anilines is 1. The van der Waals surface area contributed by atoms with Crippen LogP contribution in [-0.2, 0) is 0 Å². The van der Waals surface area contributed by atoms with Crippen LogP contribution in [0, 0.1) is 0 Å². The fourth-order valence-electron chi connectivity index (χ4n) is 2.52. The van der Waals surface area contributed by atoms with Crippen LogP contribution in [0.2, 0.25) is 0 Å². The van der Waals surface area contributed by atoms with Crippen molar-refractivity contribution in [2.45, 2.75) is 0 Å². The maximum absolute atomic E-state index is 12.4. The van der Waals surface area contributed by atoms with Crippen molar-refractivity contribution in [1.29, 1.82) is 0 Å². The second kappa shape index (κ2) is 5.03. The van der Waals surface area contributed by atoms with E-state index >= 15 is 0 Å². The number of hydrogen-bond acceptors (Lipinski definition) is 2. The van der Waals surface area contributed by atoms with Crippen LogP contribution < -0.4 is 5.32 Å². The van der Waals surface area contributed by atoms with Crippen LogP contribution in [-0.4, -0.2) is 10.9 Å². The first-order chi connectivity index (χ1) is 10.7. The fourth-order valence-corrected chi connectivity index (χ4v) is 2.98. The number of carbonyl (C=O) groups excluding carboxylic acids is 1. The zero-order chi connectivity index (χ0) is 15.1. The lowest BCUT2D eigenvalue weighted by Crippen LogP contribution is -2.10. The van der Waals surface area contributed by atoms with Gasteiger partial charge in [-0.05, 0) is 36.4 Å². The molecular formula is C17H11BrN2O2. The number of rotatable bonds is 2. The largest absolute Gasteiger partial charge is 0.451 e. The number of H-pyrrole nitrogens is 1. The molecule has 2 N–H and O–H groups in total. The molecule has 4 rings (SSSR count). The van der Waals surface area contributed by atoms with Gasteiger partial charge >= 0.3 is 0 Å². The first-order valence-electron chi connectivity index (χ1n) is 6.78. The highest BCUT2D eigenvalue weighted by atomic mass is 79.9. The van der Waals surface area contributed by atoms with E-state index in [0.29, 0.717) is 5.58 Å². The number of hydrogen-bond donors (Lipinski definition) is 2. The quantitative estimate of drug-likeness (QED) is 0.536. The molecule has 2 aromatic heterocycles. The molecule has 1 amide bonds. The first kappa shape index (κ1) is 13.2. The summed E-state index contributed by atoms with van der Waals surface area (Å²) in [5, 5.41) is 4.75. The molecule has 108 valence electrons. The van der Waals surface area contributed by atoms with Gasteiger partial charge in [0.1, 0.15) is 5.58 Å². The molecule has 0 aliphatic carbocycles. The zero-order valence-electron chi connectivity index (χ0n) is 11.4. The lowest BCUT2D eigenvalue weighted by molar-refractivity contribution is 0.0999. The summed E-state index contributed by atoms with van der Waals surface area (Å²) in [5.74, 6) is 0.0197. The van der Waals surface area contributed by atoms with E-state index < -0.39 is 0 Å². The van der Waals surface area contributed by atoms with Gasteiger partial charge in [0.2, 0.25) is 0 Å². The van der Waals surface area contributed by atoms with Crippen molar-refractivity contribution in [2.75, 3.05) is 5.32 Å². The van der Waals surface area contributed by atoms with Crippen molar-refractivity contribution < 1.29 is 9.21 Å². The summed E-state index contributed by atoms with van der Waals surface area (Å²) in [6.07, 6.45) is 1.85. The first-order valence-corrected chi connectivity index (χ1v) is 7.57. The van der Waals surface area contributed by atoms with Gasteiger partial charge in [-0.3, -0.25) is 4.79 Å². The predicted octanol–water partition coefficient (Wildman–Crippen LogP) is 4.93. The van der Waals surface area contributed by atoms with Gasteiger partial charge in [0.25, 0.3) is 5.91 Å². The van der Waals surface area contributed by atoms with Crippen molar-refractivity contribution in [1.82, 2.24) is 4.98 Å². The average Bonchev–Trinajstić information content (AvgIpc) is 3.14. The number of halogens is 1. The molecule has 22 heavy (non-hydrogen) atoms. The Morgan fingerprint density at radius 1 is 1.09 bits per heavy atom. The minimum Gasteiger partial charge on any atom is -0.451 e. The number of nitrogens with one attached hydrogen (secondary N) is 2. The molecule has 0 unspecified atom stereocenters. The Morgan fingerprint density at radius 2 is 1.95 bits per heavy atom. The lowest BCUT2D eigenvalue weighted by atomic mass is 10.2. The van der Waals surface area contributed by atoms with E-state index in [2.05, 4.69) is 26.2 Å². The van der Waals surface area contributed by atoms with E-state index in [1.165, 1.54) is 0 Å². The molecule has 4 aromatic rings. The van der Waals surface area contributed by atoms with E-state index in [9.17, 15) is 4.79 Å². The number of amides is 1. The summed E-state index contributed by atoms with van der Waals surface area (Å²) in [6, 6.07) is 15.0. The van der Waals surface area contributed by atoms with Gasteiger partial charge in [-0.25, -0.2) is 0 Å². The molecule has 2 heterocycles. The van der Waals surface area contributed by atoms with Crippen LogP contribution in [0.4, 0.5) is 5.69 Å². The number of aromatic amines is 1. The molecule has 0 aliphatic rings. The van der Waals surface area contributed by atoms with Gasteiger partial charge in [-0.1, -0.05) is 28.1 Å². The second-order valence-corrected chi connectivity index (χ2v) is 5.82. The Morgan fingerprint density at radius 3 is 2.82 bits per heavy atom. The number of benzene rings is 2. The third-order valence-corrected chi connectivity index (χ3v) is 4.27. The Bertz CT molecular complexity index is 1000. The van der Waals surface area contributed by atoms with Crippen LogP contribution in [0.1, 0.15) is 10.6 Å². The number of fused-ring (bicyclic) bond motifs is 2. The van der Waals surface area contributed by atoms with Crippen molar-refractivity contribution in [2.24, 2.45) is 0 Å². The average molecular weight is 355 g/mol. The second-order valence-electron chi connectivity index (χ2n) is 4.96. The maximum Gasteiger partial charge on any atom is 0.291 e. The lowest BCUT2D eigenvalue weighted by Gasteiger charge is -2.04. The van der Waals surface area contributed by atoms with Crippen molar-refractivity contribution in [3.8, 4) is 0 Å². The highest BCUT2D eigenvalue weighted by Crippen LogP contribution is 2.28. The molecule has 0 saturated carbocycles. The molecule has 0 aliphatic heterocycles. The van der Waals surface area contributed by atoms with Gasteiger partial charge in [0.05, 0.1) is 5.69 Å². The number of furan rings is 1. The number of aromatic nitrogens is 1. The van der Waals surface area contributed by atoms with Crippen molar-refractivity contribution >= 4 is 49.4 Å². The van der Waals surface area contributed by atoms with Crippen LogP contribution >= 0.6 is 15.9 Å². The van der Waals surface area contributed by atoms with Crippen molar-refractivity contribution in [3.05, 3.63) is 65.0 Å². The van der Waals surface area contributed by atoms with E-state index in [-0.39, 0.29) is 11.7 Å². The molecule has 0 bridgehead atoms. The van der Waals surface area contributed by atoms with Crippen LogP contribution in [0.25, 0.3) is 21.9 Å². The molecule has 5 heteroatoms. The monoisotopic (exact) mass is 354 g/mol. The summed E-state index contributed by atoms with van der Waals surface area (Å²) < 4.78 is 6.53. The number of carbonyl (C=O) groups is 1. The Kier molecular flexibility index (Phi) is 3.01. The Balaban J connectivity index is 1.71. The fraction of sp³-hybridized carbons (Fsp3) is 0. The normalized spacial score (nSPS) is 11.1. The van der Waals surface area contributed by atoms with Gasteiger partial charge in [-0.15, -0.1) is 0 Å². The van der Waals surface area contributed by atoms with Gasteiger partial charge in [0, 0.05) is 27.0 Å². The minimum absolute atomic E-state index is 0.267.